The van der Waals surface area contributed by atoms with Crippen molar-refractivity contribution < 1.29 is 0 Å². The van der Waals surface area contributed by atoms with Crippen LogP contribution in [0.3, 0.4) is 0 Å². The van der Waals surface area contributed by atoms with Crippen LogP contribution in [0.5, 0.6) is 0 Å². The number of nitrogens with zero attached hydrogens (tertiary/aromatic N) is 1. The van der Waals surface area contributed by atoms with Gasteiger partial charge in [-0.05, 0) is 52.0 Å². The van der Waals surface area contributed by atoms with E-state index in [1.54, 1.807) is 0 Å². The third-order valence-corrected chi connectivity index (χ3v) is 4.77. The second-order valence-electron chi connectivity index (χ2n) is 5.59. The Morgan fingerprint density at radius 1 is 1.43 bits per heavy atom. The molecule has 0 radical (unpaired) electrons. The topological polar surface area (TPSA) is 29.3 Å². The normalized spacial score (nSPS) is 41.6. The number of rotatable bonds is 3. The summed E-state index contributed by atoms with van der Waals surface area (Å²) in [5.41, 5.74) is 6.40. The van der Waals surface area contributed by atoms with E-state index in [0.29, 0.717) is 11.6 Å². The molecule has 0 aliphatic heterocycles. The lowest BCUT2D eigenvalue weighted by Crippen LogP contribution is -2.57. The number of fused-ring (bicyclic) bond motifs is 2. The van der Waals surface area contributed by atoms with E-state index in [1.165, 1.54) is 25.7 Å². The Hall–Kier alpha value is -0.0800. The Bertz CT molecular complexity index is 214. The quantitative estimate of drug-likeness (QED) is 0.746. The molecule has 2 rings (SSSR count). The van der Waals surface area contributed by atoms with Crippen molar-refractivity contribution in [2.45, 2.75) is 51.1 Å². The summed E-state index contributed by atoms with van der Waals surface area (Å²) in [6.07, 6.45) is 5.66. The van der Waals surface area contributed by atoms with E-state index in [9.17, 15) is 0 Å². The summed E-state index contributed by atoms with van der Waals surface area (Å²) in [5, 5.41) is 0. The van der Waals surface area contributed by atoms with Crippen molar-refractivity contribution in [3.63, 3.8) is 0 Å². The first-order valence-electron chi connectivity index (χ1n) is 6.03. The molecule has 0 saturated heterocycles. The van der Waals surface area contributed by atoms with Crippen molar-refractivity contribution in [2.75, 3.05) is 13.6 Å². The lowest BCUT2D eigenvalue weighted by atomic mass is 9.79. The average Bonchev–Trinajstić information content (AvgIpc) is 2.75. The van der Waals surface area contributed by atoms with Crippen molar-refractivity contribution in [2.24, 2.45) is 17.6 Å². The molecule has 82 valence electrons. The van der Waals surface area contributed by atoms with Gasteiger partial charge in [-0.2, -0.15) is 0 Å². The van der Waals surface area contributed by atoms with Gasteiger partial charge in [0, 0.05) is 18.1 Å². The second-order valence-corrected chi connectivity index (χ2v) is 5.59. The molecule has 2 bridgehead atoms. The molecule has 0 spiro atoms. The molecule has 2 saturated carbocycles. The molecule has 2 aliphatic rings. The van der Waals surface area contributed by atoms with E-state index in [4.69, 9.17) is 5.73 Å². The molecule has 2 aliphatic carbocycles. The van der Waals surface area contributed by atoms with Crippen molar-refractivity contribution in [3.8, 4) is 0 Å². The molecule has 2 N–H and O–H groups in total. The maximum atomic E-state index is 6.05. The molecular weight excluding hydrogens is 172 g/mol. The third kappa shape index (κ3) is 1.31. The lowest BCUT2D eigenvalue weighted by Gasteiger charge is -2.46. The van der Waals surface area contributed by atoms with Crippen LogP contribution in [-0.2, 0) is 0 Å². The highest BCUT2D eigenvalue weighted by Gasteiger charge is 2.52. The average molecular weight is 196 g/mol. The fraction of sp³-hybridized carbons (Fsp3) is 1.00. The molecule has 2 heteroatoms. The Kier molecular flexibility index (Phi) is 2.61. The van der Waals surface area contributed by atoms with Gasteiger partial charge in [0.2, 0.25) is 0 Å². The first kappa shape index (κ1) is 10.4. The summed E-state index contributed by atoms with van der Waals surface area (Å²) < 4.78 is 0. The van der Waals surface area contributed by atoms with Crippen molar-refractivity contribution in [1.29, 1.82) is 0 Å². The van der Waals surface area contributed by atoms with E-state index < -0.39 is 0 Å². The van der Waals surface area contributed by atoms with Crippen LogP contribution < -0.4 is 5.73 Å². The molecule has 3 atom stereocenters. The van der Waals surface area contributed by atoms with Crippen LogP contribution >= 0.6 is 0 Å². The molecular formula is C12H24N2. The molecule has 2 nitrogen and oxygen atoms in total. The van der Waals surface area contributed by atoms with Gasteiger partial charge >= 0.3 is 0 Å². The highest BCUT2D eigenvalue weighted by atomic mass is 15.2. The zero-order chi connectivity index (χ0) is 10.3. The Morgan fingerprint density at radius 2 is 2.14 bits per heavy atom. The molecule has 0 aromatic carbocycles. The summed E-state index contributed by atoms with van der Waals surface area (Å²) in [7, 11) is 2.26. The molecule has 0 amide bonds. The van der Waals surface area contributed by atoms with Crippen LogP contribution in [0.15, 0.2) is 0 Å². The minimum atomic E-state index is 0.344. The van der Waals surface area contributed by atoms with Gasteiger partial charge in [-0.3, -0.25) is 4.90 Å². The SMILES string of the molecule is CC(C)N(C)C1(CN)CC2CCC1C2. The van der Waals surface area contributed by atoms with E-state index in [2.05, 4.69) is 25.8 Å². The largest absolute Gasteiger partial charge is 0.329 e. The highest BCUT2D eigenvalue weighted by molar-refractivity contribution is 5.08. The monoisotopic (exact) mass is 196 g/mol. The molecule has 0 heterocycles. The van der Waals surface area contributed by atoms with E-state index in [0.717, 1.165) is 18.4 Å². The minimum absolute atomic E-state index is 0.344. The Balaban J connectivity index is 2.18. The Labute approximate surface area is 87.8 Å². The van der Waals surface area contributed by atoms with Crippen LogP contribution in [0.1, 0.15) is 39.5 Å². The Morgan fingerprint density at radius 3 is 2.50 bits per heavy atom. The summed E-state index contributed by atoms with van der Waals surface area (Å²) in [4.78, 5) is 2.54. The van der Waals surface area contributed by atoms with Crippen molar-refractivity contribution in [1.82, 2.24) is 4.90 Å². The van der Waals surface area contributed by atoms with Gasteiger partial charge in [0.25, 0.3) is 0 Å². The molecule has 3 unspecified atom stereocenters. The smallest absolute Gasteiger partial charge is 0.0362 e. The molecule has 0 aromatic heterocycles. The maximum Gasteiger partial charge on any atom is 0.0362 e. The van der Waals surface area contributed by atoms with Crippen LogP contribution in [0.2, 0.25) is 0 Å². The zero-order valence-corrected chi connectivity index (χ0v) is 9.79. The standard InChI is InChI=1S/C12H24N2/c1-9(2)14(3)12(8-13)7-10-4-5-11(12)6-10/h9-11H,4-8,13H2,1-3H3. The summed E-state index contributed by atoms with van der Waals surface area (Å²) in [6.45, 7) is 5.41. The molecule has 2 fully saturated rings. The zero-order valence-electron chi connectivity index (χ0n) is 9.79. The van der Waals surface area contributed by atoms with Crippen LogP contribution in [0.25, 0.3) is 0 Å². The van der Waals surface area contributed by atoms with E-state index in [1.807, 2.05) is 0 Å². The van der Waals surface area contributed by atoms with Gasteiger partial charge in [0.1, 0.15) is 0 Å². The van der Waals surface area contributed by atoms with Crippen LogP contribution in [0.4, 0.5) is 0 Å². The predicted molar refractivity (Wildman–Crippen MR) is 60.1 cm³/mol. The van der Waals surface area contributed by atoms with E-state index in [-0.39, 0.29) is 0 Å². The number of likely N-dealkylation sites (N-methyl/N-ethyl adjacent to an activating group) is 1. The number of hydrogen-bond acceptors (Lipinski definition) is 2. The van der Waals surface area contributed by atoms with Gasteiger partial charge in [0.15, 0.2) is 0 Å². The first-order chi connectivity index (χ1) is 6.60. The van der Waals surface area contributed by atoms with Gasteiger partial charge in [-0.15, -0.1) is 0 Å². The minimum Gasteiger partial charge on any atom is -0.329 e. The highest BCUT2D eigenvalue weighted by Crippen LogP contribution is 2.53. The summed E-state index contributed by atoms with van der Waals surface area (Å²) in [5.74, 6) is 1.86. The van der Waals surface area contributed by atoms with Gasteiger partial charge in [-0.25, -0.2) is 0 Å². The van der Waals surface area contributed by atoms with Gasteiger partial charge in [0.05, 0.1) is 0 Å². The van der Waals surface area contributed by atoms with Gasteiger partial charge < -0.3 is 5.73 Å². The fourth-order valence-corrected chi connectivity index (χ4v) is 3.76. The van der Waals surface area contributed by atoms with E-state index >= 15 is 0 Å². The van der Waals surface area contributed by atoms with Crippen molar-refractivity contribution >= 4 is 0 Å². The predicted octanol–water partition coefficient (Wildman–Crippen LogP) is 1.84. The van der Waals surface area contributed by atoms with Crippen molar-refractivity contribution in [3.05, 3.63) is 0 Å². The first-order valence-corrected chi connectivity index (χ1v) is 6.03. The van der Waals surface area contributed by atoms with Crippen LogP contribution in [-0.4, -0.2) is 30.1 Å². The third-order valence-electron chi connectivity index (χ3n) is 4.77. The maximum absolute atomic E-state index is 6.05. The summed E-state index contributed by atoms with van der Waals surface area (Å²) >= 11 is 0. The van der Waals surface area contributed by atoms with Crippen LogP contribution in [0, 0.1) is 11.8 Å². The molecule has 14 heavy (non-hydrogen) atoms. The second kappa shape index (κ2) is 3.49. The molecule has 0 aromatic rings. The van der Waals surface area contributed by atoms with Gasteiger partial charge in [-0.1, -0.05) is 6.42 Å². The number of nitrogens with two attached hydrogens (primary N) is 1. The summed E-state index contributed by atoms with van der Waals surface area (Å²) in [6, 6.07) is 0.623. The number of hydrogen-bond donors (Lipinski definition) is 1. The lowest BCUT2D eigenvalue weighted by molar-refractivity contribution is 0.0406. The fourth-order valence-electron chi connectivity index (χ4n) is 3.76.